The van der Waals surface area contributed by atoms with E-state index in [-0.39, 0.29) is 25.8 Å². The number of halogens is 1. The van der Waals surface area contributed by atoms with Gasteiger partial charge in [0.2, 0.25) is 0 Å². The van der Waals surface area contributed by atoms with Gasteiger partial charge in [0.05, 0.1) is 46.2 Å². The maximum absolute atomic E-state index is 11.1. The Kier molecular flexibility index (Phi) is 8.85. The molecule has 2 heterocycles. The van der Waals surface area contributed by atoms with Gasteiger partial charge in [0.15, 0.2) is 0 Å². The van der Waals surface area contributed by atoms with Crippen molar-refractivity contribution >= 4 is 25.1 Å². The summed E-state index contributed by atoms with van der Waals surface area (Å²) in [5.41, 5.74) is 2.96. The Morgan fingerprint density at radius 3 is 2.51 bits per heavy atom. The van der Waals surface area contributed by atoms with Crippen LogP contribution in [-0.4, -0.2) is 65.8 Å². The largest absolute Gasteiger partial charge is 0.396 e. The van der Waals surface area contributed by atoms with Gasteiger partial charge in [-0.15, -0.1) is 0 Å². The summed E-state index contributed by atoms with van der Waals surface area (Å²) in [5.74, 6) is 0. The van der Waals surface area contributed by atoms with E-state index in [1.54, 1.807) is 24.3 Å². The summed E-state index contributed by atoms with van der Waals surface area (Å²) >= 11 is 6.74. The molecule has 2 atom stereocenters. The molecule has 0 amide bonds. The molecule has 2 radical (unpaired) electrons. The normalized spacial score (nSPS) is 17.8. The monoisotopic (exact) mass is 516 g/mol. The number of anilines is 1. The molecule has 1 aliphatic heterocycles. The number of aromatic nitrogens is 1. The molecule has 37 heavy (non-hydrogen) atoms. The molecule has 4 rings (SSSR count). The highest BCUT2D eigenvalue weighted by molar-refractivity contribution is 6.33. The zero-order valence-corrected chi connectivity index (χ0v) is 21.3. The molecule has 1 aliphatic rings. The van der Waals surface area contributed by atoms with E-state index in [0.717, 1.165) is 23.2 Å². The zero-order chi connectivity index (χ0) is 26.4. The van der Waals surface area contributed by atoms with Crippen molar-refractivity contribution in [3.05, 3.63) is 93.8 Å². The second kappa shape index (κ2) is 12.1. The fourth-order valence-corrected chi connectivity index (χ4v) is 5.08. The number of β-amino-alcohol motifs (C(OH)–C–C–N with tert-alkyl or cyclic N) is 1. The Morgan fingerprint density at radius 1 is 1.11 bits per heavy atom. The number of aryl methyl sites for hydroxylation is 1. The van der Waals surface area contributed by atoms with Crippen LogP contribution in [0.1, 0.15) is 40.4 Å². The van der Waals surface area contributed by atoms with Crippen molar-refractivity contribution in [2.75, 3.05) is 37.7 Å². The summed E-state index contributed by atoms with van der Waals surface area (Å²) in [6.07, 6.45) is 2.94. The molecule has 0 unspecified atom stereocenters. The van der Waals surface area contributed by atoms with Crippen molar-refractivity contribution in [3.63, 3.8) is 0 Å². The van der Waals surface area contributed by atoms with Gasteiger partial charge >= 0.3 is 0 Å². The molecular weight excluding hydrogens is 487 g/mol. The lowest BCUT2D eigenvalue weighted by molar-refractivity contribution is 0.0641. The third-order valence-corrected chi connectivity index (χ3v) is 7.09. The second-order valence-electron chi connectivity index (χ2n) is 9.41. The molecule has 0 spiro atoms. The number of benzene rings is 2. The molecule has 1 aromatic heterocycles. The maximum atomic E-state index is 11.1. The average molecular weight is 517 g/mol. The minimum absolute atomic E-state index is 0.0898. The van der Waals surface area contributed by atoms with E-state index in [4.69, 9.17) is 24.6 Å². The molecule has 1 saturated heterocycles. The van der Waals surface area contributed by atoms with E-state index in [2.05, 4.69) is 20.9 Å². The van der Waals surface area contributed by atoms with Crippen LogP contribution in [0.4, 0.5) is 5.69 Å². The first kappa shape index (κ1) is 27.1. The SMILES string of the molecule is [B][C@@](O)(CN1CCN(c2ccc(CCCO)cc2Cl)[C@H](c2ccc(C#N)cc2)C1)c1ccc(CO)nc1. The standard InChI is InChI=1S/C28H30BClN4O3/c29-28(37,23-8-9-24(18-36)32-16-23)19-33-11-12-34(26-10-5-20(2-1-13-35)14-25(26)30)27(17-33)22-6-3-21(15-31)4-7-22/h3-10,14,16,27,35-37H,1-2,11-13,17-19H2/t27-,28+/m0/s1. The van der Waals surface area contributed by atoms with Crippen LogP contribution in [0.5, 0.6) is 0 Å². The van der Waals surface area contributed by atoms with E-state index in [9.17, 15) is 15.5 Å². The third-order valence-electron chi connectivity index (χ3n) is 6.79. The predicted molar refractivity (Wildman–Crippen MR) is 144 cm³/mol. The van der Waals surface area contributed by atoms with E-state index >= 15 is 0 Å². The van der Waals surface area contributed by atoms with Gasteiger partial charge in [0.1, 0.15) is 7.85 Å². The maximum Gasteiger partial charge on any atom is 0.121 e. The van der Waals surface area contributed by atoms with Crippen LogP contribution in [0.3, 0.4) is 0 Å². The number of hydrogen-bond donors (Lipinski definition) is 3. The highest BCUT2D eigenvalue weighted by Gasteiger charge is 2.34. The fourth-order valence-electron chi connectivity index (χ4n) is 4.76. The Morgan fingerprint density at radius 2 is 1.89 bits per heavy atom. The van der Waals surface area contributed by atoms with Crippen LogP contribution >= 0.6 is 11.6 Å². The lowest BCUT2D eigenvalue weighted by Gasteiger charge is -2.45. The smallest absolute Gasteiger partial charge is 0.121 e. The van der Waals surface area contributed by atoms with E-state index in [1.165, 1.54) is 6.20 Å². The van der Waals surface area contributed by atoms with E-state index in [1.807, 2.05) is 30.3 Å². The van der Waals surface area contributed by atoms with Gasteiger partial charge in [-0.3, -0.25) is 9.88 Å². The van der Waals surface area contributed by atoms with Gasteiger partial charge in [-0.05, 0) is 59.9 Å². The molecule has 190 valence electrons. The van der Waals surface area contributed by atoms with Gasteiger partial charge < -0.3 is 20.2 Å². The minimum Gasteiger partial charge on any atom is -0.396 e. The predicted octanol–water partition coefficient (Wildman–Crippen LogP) is 2.90. The highest BCUT2D eigenvalue weighted by atomic mass is 35.5. The lowest BCUT2D eigenvalue weighted by Crippen LogP contribution is -2.52. The Bertz CT molecular complexity index is 1230. The first-order valence-corrected chi connectivity index (χ1v) is 12.7. The summed E-state index contributed by atoms with van der Waals surface area (Å²) in [6.45, 7) is 2.03. The molecule has 0 bridgehead atoms. The van der Waals surface area contributed by atoms with Crippen LogP contribution in [-0.2, 0) is 18.5 Å². The third kappa shape index (κ3) is 6.50. The van der Waals surface area contributed by atoms with E-state index in [0.29, 0.717) is 47.9 Å². The average Bonchev–Trinajstić information content (AvgIpc) is 2.92. The molecule has 1 fully saturated rings. The first-order valence-electron chi connectivity index (χ1n) is 12.3. The topological polar surface area (TPSA) is 104 Å². The number of hydrogen-bond acceptors (Lipinski definition) is 7. The Labute approximate surface area is 224 Å². The summed E-state index contributed by atoms with van der Waals surface area (Å²) in [7, 11) is 6.33. The van der Waals surface area contributed by atoms with Crippen LogP contribution in [0.25, 0.3) is 0 Å². The molecule has 0 saturated carbocycles. The van der Waals surface area contributed by atoms with Crippen LogP contribution in [0.2, 0.25) is 5.02 Å². The highest BCUT2D eigenvalue weighted by Crippen LogP contribution is 2.36. The van der Waals surface area contributed by atoms with Crippen molar-refractivity contribution in [1.29, 1.82) is 5.26 Å². The van der Waals surface area contributed by atoms with Crippen LogP contribution < -0.4 is 4.90 Å². The molecular formula is C28H30BClN4O3. The van der Waals surface area contributed by atoms with Gasteiger partial charge in [0.25, 0.3) is 0 Å². The number of pyridine rings is 1. The summed E-state index contributed by atoms with van der Waals surface area (Å²) in [6, 6.07) is 18.9. The van der Waals surface area contributed by atoms with Gasteiger partial charge in [-0.1, -0.05) is 35.9 Å². The Hall–Kier alpha value is -2.93. The number of nitriles is 1. The van der Waals surface area contributed by atoms with Gasteiger partial charge in [-0.2, -0.15) is 5.26 Å². The second-order valence-corrected chi connectivity index (χ2v) is 9.82. The fraction of sp³-hybridized carbons (Fsp3) is 0.357. The van der Waals surface area contributed by atoms with Crippen LogP contribution in [0.15, 0.2) is 60.8 Å². The minimum atomic E-state index is -1.62. The van der Waals surface area contributed by atoms with Gasteiger partial charge in [-0.25, -0.2) is 0 Å². The molecule has 3 N–H and O–H groups in total. The number of rotatable bonds is 9. The molecule has 9 heteroatoms. The van der Waals surface area contributed by atoms with Gasteiger partial charge in [0, 0.05) is 39.0 Å². The first-order chi connectivity index (χ1) is 17.8. The summed E-state index contributed by atoms with van der Waals surface area (Å²) < 4.78 is 0. The molecule has 0 aliphatic carbocycles. The number of aliphatic hydroxyl groups is 3. The Balaban J connectivity index is 1.59. The number of aliphatic hydroxyl groups excluding tert-OH is 2. The molecule has 3 aromatic rings. The van der Waals surface area contributed by atoms with Crippen molar-refractivity contribution in [1.82, 2.24) is 9.88 Å². The van der Waals surface area contributed by atoms with Crippen molar-refractivity contribution in [2.45, 2.75) is 31.0 Å². The quantitative estimate of drug-likeness (QED) is 0.376. The summed E-state index contributed by atoms with van der Waals surface area (Å²) in [4.78, 5) is 8.52. The van der Waals surface area contributed by atoms with Crippen molar-refractivity contribution in [3.8, 4) is 6.07 Å². The van der Waals surface area contributed by atoms with Crippen molar-refractivity contribution < 1.29 is 15.3 Å². The molecule has 7 nitrogen and oxygen atoms in total. The van der Waals surface area contributed by atoms with Crippen molar-refractivity contribution in [2.24, 2.45) is 0 Å². The van der Waals surface area contributed by atoms with Crippen LogP contribution in [0, 0.1) is 11.3 Å². The zero-order valence-electron chi connectivity index (χ0n) is 20.6. The summed E-state index contributed by atoms with van der Waals surface area (Å²) in [5, 5.41) is 39.4. The molecule has 2 aromatic carbocycles. The lowest BCUT2D eigenvalue weighted by atomic mass is 9.75. The number of piperazine rings is 1. The van der Waals surface area contributed by atoms with E-state index < -0.39 is 5.50 Å². The number of nitrogens with zero attached hydrogens (tertiary/aromatic N) is 4.